The van der Waals surface area contributed by atoms with E-state index in [4.69, 9.17) is 4.74 Å². The Balaban J connectivity index is 1.61. The lowest BCUT2D eigenvalue weighted by molar-refractivity contribution is -0.185. The van der Waals surface area contributed by atoms with Gasteiger partial charge in [0.05, 0.1) is 6.10 Å². The normalized spacial score (nSPS) is 52.6. The van der Waals surface area contributed by atoms with Gasteiger partial charge in [-0.2, -0.15) is 0 Å². The predicted octanol–water partition coefficient (Wildman–Crippen LogP) is 5.92. The zero-order valence-electron chi connectivity index (χ0n) is 18.8. The van der Waals surface area contributed by atoms with Crippen LogP contribution in [-0.2, 0) is 4.74 Å². The Labute approximate surface area is 167 Å². The average Bonchev–Trinajstić information content (AvgIpc) is 2.98. The van der Waals surface area contributed by atoms with Crippen LogP contribution in [0.15, 0.2) is 0 Å². The first-order chi connectivity index (χ1) is 12.7. The van der Waals surface area contributed by atoms with Crippen LogP contribution < -0.4 is 0 Å². The van der Waals surface area contributed by atoms with Gasteiger partial charge >= 0.3 is 0 Å². The molecule has 0 aliphatic heterocycles. The Hall–Kier alpha value is -0.0800. The zero-order chi connectivity index (χ0) is 19.6. The minimum atomic E-state index is 0.303. The maximum atomic E-state index is 9.82. The van der Waals surface area contributed by atoms with Crippen molar-refractivity contribution in [3.05, 3.63) is 0 Å². The van der Waals surface area contributed by atoms with Gasteiger partial charge in [-0.1, -0.05) is 34.6 Å². The standard InChI is InChI=1S/C25H44O2/c1-16(15-26)18-8-9-19-17-7-10-21-23(2,3)22(27-6)12-14-25(21,5)20(17)11-13-24(18,19)4/h16-22,26H,7-15H2,1-6H3. The molecule has 0 aromatic carbocycles. The Morgan fingerprint density at radius 3 is 2.22 bits per heavy atom. The van der Waals surface area contributed by atoms with E-state index < -0.39 is 0 Å². The van der Waals surface area contributed by atoms with Crippen molar-refractivity contribution >= 4 is 0 Å². The van der Waals surface area contributed by atoms with Crippen molar-refractivity contribution in [2.45, 2.75) is 92.1 Å². The number of aliphatic hydroxyl groups excluding tert-OH is 1. The molecule has 0 saturated heterocycles. The summed E-state index contributed by atoms with van der Waals surface area (Å²) in [5.74, 6) is 4.75. The van der Waals surface area contributed by atoms with Crippen molar-refractivity contribution < 1.29 is 9.84 Å². The fourth-order valence-corrected chi connectivity index (χ4v) is 9.60. The molecule has 4 aliphatic carbocycles. The lowest BCUT2D eigenvalue weighted by Crippen LogP contribution is -2.59. The zero-order valence-corrected chi connectivity index (χ0v) is 18.8. The molecule has 0 radical (unpaired) electrons. The number of hydrogen-bond donors (Lipinski definition) is 1. The number of rotatable bonds is 3. The molecule has 0 aromatic heterocycles. The van der Waals surface area contributed by atoms with E-state index in [1.54, 1.807) is 0 Å². The smallest absolute Gasteiger partial charge is 0.0625 e. The van der Waals surface area contributed by atoms with Crippen LogP contribution in [0.1, 0.15) is 86.0 Å². The molecule has 2 heteroatoms. The molecule has 2 nitrogen and oxygen atoms in total. The second kappa shape index (κ2) is 6.73. The van der Waals surface area contributed by atoms with E-state index in [0.717, 1.165) is 29.6 Å². The molecular weight excluding hydrogens is 332 g/mol. The number of hydrogen-bond acceptors (Lipinski definition) is 2. The van der Waals surface area contributed by atoms with E-state index in [9.17, 15) is 5.11 Å². The minimum absolute atomic E-state index is 0.303. The van der Waals surface area contributed by atoms with Gasteiger partial charge in [-0.25, -0.2) is 0 Å². The lowest BCUT2D eigenvalue weighted by atomic mass is 9.41. The summed E-state index contributed by atoms with van der Waals surface area (Å²) in [5, 5.41) is 9.82. The third-order valence-electron chi connectivity index (χ3n) is 10.9. The van der Waals surface area contributed by atoms with E-state index in [0.29, 0.717) is 34.9 Å². The largest absolute Gasteiger partial charge is 0.396 e. The SMILES string of the molecule is COC1CCC2(C)C3CCC4(C)C(C(C)CO)CCC4C3CCC2C1(C)C. The van der Waals surface area contributed by atoms with E-state index in [1.165, 1.54) is 51.4 Å². The number of methoxy groups -OCH3 is 1. The molecule has 9 atom stereocenters. The van der Waals surface area contributed by atoms with E-state index in [-0.39, 0.29) is 0 Å². The molecule has 0 heterocycles. The second-order valence-electron chi connectivity index (χ2n) is 12.0. The highest BCUT2D eigenvalue weighted by atomic mass is 16.5. The maximum Gasteiger partial charge on any atom is 0.0625 e. The van der Waals surface area contributed by atoms with E-state index in [1.807, 2.05) is 7.11 Å². The third-order valence-corrected chi connectivity index (χ3v) is 10.9. The first kappa shape index (κ1) is 20.2. The highest BCUT2D eigenvalue weighted by Gasteiger charge is 2.63. The lowest BCUT2D eigenvalue weighted by Gasteiger charge is -2.65. The van der Waals surface area contributed by atoms with Crippen molar-refractivity contribution in [3.8, 4) is 0 Å². The van der Waals surface area contributed by atoms with Crippen molar-refractivity contribution in [1.82, 2.24) is 0 Å². The van der Waals surface area contributed by atoms with Crippen molar-refractivity contribution in [2.75, 3.05) is 13.7 Å². The number of ether oxygens (including phenoxy) is 1. The summed E-state index contributed by atoms with van der Waals surface area (Å²) in [5.41, 5.74) is 1.28. The van der Waals surface area contributed by atoms with Gasteiger partial charge in [0.25, 0.3) is 0 Å². The Morgan fingerprint density at radius 2 is 1.56 bits per heavy atom. The minimum Gasteiger partial charge on any atom is -0.396 e. The summed E-state index contributed by atoms with van der Waals surface area (Å²) in [6.45, 7) is 12.9. The molecule has 4 aliphatic rings. The van der Waals surface area contributed by atoms with Crippen molar-refractivity contribution in [3.63, 3.8) is 0 Å². The summed E-state index contributed by atoms with van der Waals surface area (Å²) in [6, 6.07) is 0. The maximum absolute atomic E-state index is 9.82. The van der Waals surface area contributed by atoms with Crippen molar-refractivity contribution in [1.29, 1.82) is 0 Å². The number of aliphatic hydroxyl groups is 1. The first-order valence-corrected chi connectivity index (χ1v) is 11.8. The van der Waals surface area contributed by atoms with Gasteiger partial charge < -0.3 is 9.84 Å². The van der Waals surface area contributed by atoms with Crippen LogP contribution in [0, 0.1) is 51.8 Å². The van der Waals surface area contributed by atoms with Gasteiger partial charge in [-0.05, 0) is 103 Å². The van der Waals surface area contributed by atoms with Crippen molar-refractivity contribution in [2.24, 2.45) is 51.8 Å². The van der Waals surface area contributed by atoms with Gasteiger partial charge in [0, 0.05) is 13.7 Å². The molecule has 0 amide bonds. The fourth-order valence-electron chi connectivity index (χ4n) is 9.60. The van der Waals surface area contributed by atoms with Crippen LogP contribution in [0.5, 0.6) is 0 Å². The number of fused-ring (bicyclic) bond motifs is 5. The fraction of sp³-hybridized carbons (Fsp3) is 1.00. The van der Waals surface area contributed by atoms with Crippen LogP contribution >= 0.6 is 0 Å². The molecule has 4 fully saturated rings. The van der Waals surface area contributed by atoms with Gasteiger partial charge in [0.2, 0.25) is 0 Å². The summed E-state index contributed by atoms with van der Waals surface area (Å²) in [4.78, 5) is 0. The van der Waals surface area contributed by atoms with Crippen LogP contribution in [0.3, 0.4) is 0 Å². The highest BCUT2D eigenvalue weighted by Crippen LogP contribution is 2.70. The molecule has 27 heavy (non-hydrogen) atoms. The summed E-state index contributed by atoms with van der Waals surface area (Å²) < 4.78 is 5.95. The topological polar surface area (TPSA) is 29.5 Å². The van der Waals surface area contributed by atoms with Crippen LogP contribution in [0.25, 0.3) is 0 Å². The quantitative estimate of drug-likeness (QED) is 0.662. The van der Waals surface area contributed by atoms with E-state index in [2.05, 4.69) is 34.6 Å². The molecule has 4 saturated carbocycles. The molecule has 0 bridgehead atoms. The monoisotopic (exact) mass is 376 g/mol. The Kier molecular flexibility index (Phi) is 5.03. The third kappa shape index (κ3) is 2.71. The van der Waals surface area contributed by atoms with Crippen LogP contribution in [0.4, 0.5) is 0 Å². The summed E-state index contributed by atoms with van der Waals surface area (Å²) in [6.07, 6.45) is 11.5. The van der Waals surface area contributed by atoms with Gasteiger partial charge in [0.15, 0.2) is 0 Å². The highest BCUT2D eigenvalue weighted by molar-refractivity contribution is 5.12. The van der Waals surface area contributed by atoms with Gasteiger partial charge in [0.1, 0.15) is 0 Å². The van der Waals surface area contributed by atoms with E-state index >= 15 is 0 Å². The molecule has 4 rings (SSSR count). The molecule has 0 spiro atoms. The second-order valence-corrected chi connectivity index (χ2v) is 12.0. The molecule has 156 valence electrons. The Bertz CT molecular complexity index is 557. The summed E-state index contributed by atoms with van der Waals surface area (Å²) in [7, 11) is 1.92. The molecule has 1 N–H and O–H groups in total. The van der Waals surface area contributed by atoms with Gasteiger partial charge in [-0.15, -0.1) is 0 Å². The predicted molar refractivity (Wildman–Crippen MR) is 111 cm³/mol. The first-order valence-electron chi connectivity index (χ1n) is 11.8. The average molecular weight is 377 g/mol. The summed E-state index contributed by atoms with van der Waals surface area (Å²) >= 11 is 0. The van der Waals surface area contributed by atoms with Crippen LogP contribution in [0.2, 0.25) is 0 Å². The molecule has 9 unspecified atom stereocenters. The van der Waals surface area contributed by atoms with Gasteiger partial charge in [-0.3, -0.25) is 0 Å². The Morgan fingerprint density at radius 1 is 0.889 bits per heavy atom. The molecular formula is C25H44O2. The molecule has 0 aromatic rings. The van der Waals surface area contributed by atoms with Crippen LogP contribution in [-0.4, -0.2) is 24.9 Å².